The highest BCUT2D eigenvalue weighted by Crippen LogP contribution is 2.28. The molecule has 28 heavy (non-hydrogen) atoms. The zero-order valence-electron chi connectivity index (χ0n) is 16.8. The molecule has 1 aromatic heterocycles. The van der Waals surface area contributed by atoms with Crippen LogP contribution >= 0.6 is 24.0 Å². The van der Waals surface area contributed by atoms with Gasteiger partial charge in [-0.3, -0.25) is 0 Å². The molecule has 0 saturated heterocycles. The van der Waals surface area contributed by atoms with Gasteiger partial charge in [0.2, 0.25) is 5.89 Å². The summed E-state index contributed by atoms with van der Waals surface area (Å²) in [7, 11) is 0. The van der Waals surface area contributed by atoms with E-state index in [0.29, 0.717) is 12.4 Å². The lowest BCUT2D eigenvalue weighted by atomic mass is 10.1. The molecule has 2 aromatic rings. The van der Waals surface area contributed by atoms with Crippen molar-refractivity contribution in [2.75, 3.05) is 19.6 Å². The van der Waals surface area contributed by atoms with E-state index >= 15 is 0 Å². The molecule has 3 rings (SSSR count). The minimum Gasteiger partial charge on any atom is -0.488 e. The Kier molecular flexibility index (Phi) is 9.01. The molecule has 1 aromatic carbocycles. The van der Waals surface area contributed by atoms with Crippen molar-refractivity contribution >= 4 is 29.9 Å². The van der Waals surface area contributed by atoms with Crippen LogP contribution in [0.15, 0.2) is 33.8 Å². The van der Waals surface area contributed by atoms with Crippen molar-refractivity contribution in [1.82, 2.24) is 20.8 Å². The van der Waals surface area contributed by atoms with Gasteiger partial charge in [0.05, 0.1) is 6.54 Å². The lowest BCUT2D eigenvalue weighted by Crippen LogP contribution is -2.38. The number of nitrogens with one attached hydrogen (secondary N) is 2. The molecule has 1 aliphatic heterocycles. The minimum absolute atomic E-state index is 0. The van der Waals surface area contributed by atoms with Crippen molar-refractivity contribution in [2.24, 2.45) is 4.99 Å². The van der Waals surface area contributed by atoms with Gasteiger partial charge < -0.3 is 19.9 Å². The molecule has 0 spiro atoms. The Labute approximate surface area is 183 Å². The fraction of sp³-hybridized carbons (Fsp3) is 0.550. The number of fused-ring (bicyclic) bond motifs is 1. The zero-order valence-corrected chi connectivity index (χ0v) is 19.1. The standard InChI is InChI=1S/C20H29N5O2.HI/c1-4-21-20(22-11-7-10-18-24-19(14(2)3)25-27-18)23-13-16-12-15-8-5-6-9-17(15)26-16;/h5-6,8-9,14,16H,4,7,10-13H2,1-3H3,(H2,21,22,23);1H. The Morgan fingerprint density at radius 3 is 2.82 bits per heavy atom. The molecule has 1 aliphatic rings. The zero-order chi connectivity index (χ0) is 19.1. The average molecular weight is 499 g/mol. The minimum atomic E-state index is 0. The maximum atomic E-state index is 5.95. The Bertz CT molecular complexity index is 738. The monoisotopic (exact) mass is 499 g/mol. The number of ether oxygens (including phenoxy) is 1. The molecule has 2 N–H and O–H groups in total. The van der Waals surface area contributed by atoms with Crippen molar-refractivity contribution in [1.29, 1.82) is 0 Å². The predicted octanol–water partition coefficient (Wildman–Crippen LogP) is 3.30. The molecule has 1 unspecified atom stereocenters. The highest BCUT2D eigenvalue weighted by molar-refractivity contribution is 14.0. The van der Waals surface area contributed by atoms with Crippen LogP contribution in [0.3, 0.4) is 0 Å². The smallest absolute Gasteiger partial charge is 0.226 e. The topological polar surface area (TPSA) is 84.6 Å². The third kappa shape index (κ3) is 6.35. The first-order valence-corrected chi connectivity index (χ1v) is 9.75. The summed E-state index contributed by atoms with van der Waals surface area (Å²) in [5.74, 6) is 3.54. The van der Waals surface area contributed by atoms with E-state index in [4.69, 9.17) is 9.26 Å². The van der Waals surface area contributed by atoms with E-state index in [2.05, 4.69) is 52.6 Å². The summed E-state index contributed by atoms with van der Waals surface area (Å²) in [4.78, 5) is 9.07. The van der Waals surface area contributed by atoms with E-state index in [1.54, 1.807) is 0 Å². The number of nitrogens with zero attached hydrogens (tertiary/aromatic N) is 3. The SMILES string of the molecule is CCNC(=NCC1Cc2ccccc2O1)NCCCc1nc(C(C)C)no1.I. The van der Waals surface area contributed by atoms with E-state index < -0.39 is 0 Å². The molecule has 0 bridgehead atoms. The van der Waals surface area contributed by atoms with Crippen molar-refractivity contribution in [3.8, 4) is 5.75 Å². The van der Waals surface area contributed by atoms with Gasteiger partial charge in [-0.25, -0.2) is 4.99 Å². The van der Waals surface area contributed by atoms with Crippen LogP contribution in [-0.4, -0.2) is 41.8 Å². The van der Waals surface area contributed by atoms with Gasteiger partial charge in [0.15, 0.2) is 11.8 Å². The van der Waals surface area contributed by atoms with E-state index in [1.807, 2.05) is 18.2 Å². The number of rotatable bonds is 8. The number of aromatic nitrogens is 2. The maximum absolute atomic E-state index is 5.95. The van der Waals surface area contributed by atoms with Crippen LogP contribution in [0.2, 0.25) is 0 Å². The van der Waals surface area contributed by atoms with Crippen molar-refractivity contribution in [2.45, 2.75) is 52.1 Å². The lowest BCUT2D eigenvalue weighted by molar-refractivity contribution is 0.241. The number of halogens is 1. The second-order valence-electron chi connectivity index (χ2n) is 7.00. The van der Waals surface area contributed by atoms with E-state index in [-0.39, 0.29) is 36.0 Å². The first kappa shape index (κ1) is 22.4. The van der Waals surface area contributed by atoms with E-state index in [1.165, 1.54) is 5.56 Å². The Morgan fingerprint density at radius 2 is 2.11 bits per heavy atom. The number of aryl methyl sites for hydroxylation is 1. The third-order valence-corrected chi connectivity index (χ3v) is 4.37. The second kappa shape index (κ2) is 11.2. The number of benzene rings is 1. The molecule has 2 heterocycles. The summed E-state index contributed by atoms with van der Waals surface area (Å²) in [5, 5.41) is 10.6. The van der Waals surface area contributed by atoms with Crippen LogP contribution in [0.25, 0.3) is 0 Å². The van der Waals surface area contributed by atoms with Crippen LogP contribution in [0, 0.1) is 0 Å². The molecular formula is C20H30IN5O2. The molecule has 0 radical (unpaired) electrons. The van der Waals surface area contributed by atoms with Gasteiger partial charge in [-0.15, -0.1) is 24.0 Å². The third-order valence-electron chi connectivity index (χ3n) is 4.37. The fourth-order valence-electron chi connectivity index (χ4n) is 2.94. The predicted molar refractivity (Wildman–Crippen MR) is 121 cm³/mol. The van der Waals surface area contributed by atoms with Crippen LogP contribution in [0.5, 0.6) is 5.75 Å². The average Bonchev–Trinajstić information content (AvgIpc) is 3.29. The van der Waals surface area contributed by atoms with Crippen LogP contribution < -0.4 is 15.4 Å². The summed E-state index contributed by atoms with van der Waals surface area (Å²) >= 11 is 0. The van der Waals surface area contributed by atoms with Crippen molar-refractivity contribution in [3.63, 3.8) is 0 Å². The highest BCUT2D eigenvalue weighted by Gasteiger charge is 2.21. The van der Waals surface area contributed by atoms with Gasteiger partial charge in [0.25, 0.3) is 0 Å². The molecule has 0 aliphatic carbocycles. The largest absolute Gasteiger partial charge is 0.488 e. The molecule has 1 atom stereocenters. The molecular weight excluding hydrogens is 469 g/mol. The summed E-state index contributed by atoms with van der Waals surface area (Å²) in [5.41, 5.74) is 1.26. The van der Waals surface area contributed by atoms with Gasteiger partial charge in [0.1, 0.15) is 11.9 Å². The highest BCUT2D eigenvalue weighted by atomic mass is 127. The van der Waals surface area contributed by atoms with Gasteiger partial charge in [-0.1, -0.05) is 37.2 Å². The molecule has 0 fully saturated rings. The number of hydrogen-bond acceptors (Lipinski definition) is 5. The second-order valence-corrected chi connectivity index (χ2v) is 7.00. The molecule has 8 heteroatoms. The Balaban J connectivity index is 0.00000280. The van der Waals surface area contributed by atoms with Crippen molar-refractivity contribution in [3.05, 3.63) is 41.5 Å². The summed E-state index contributed by atoms with van der Waals surface area (Å²) in [6.07, 6.45) is 2.67. The molecule has 0 amide bonds. The van der Waals surface area contributed by atoms with E-state index in [9.17, 15) is 0 Å². The Morgan fingerprint density at radius 1 is 1.29 bits per heavy atom. The molecule has 0 saturated carbocycles. The first-order chi connectivity index (χ1) is 13.2. The molecule has 154 valence electrons. The molecule has 7 nitrogen and oxygen atoms in total. The maximum Gasteiger partial charge on any atom is 0.226 e. The van der Waals surface area contributed by atoms with Gasteiger partial charge in [-0.05, 0) is 25.0 Å². The summed E-state index contributed by atoms with van der Waals surface area (Å²) in [6.45, 7) is 8.41. The summed E-state index contributed by atoms with van der Waals surface area (Å²) < 4.78 is 11.2. The quantitative estimate of drug-likeness (QED) is 0.251. The number of hydrogen-bond donors (Lipinski definition) is 2. The number of guanidine groups is 1. The van der Waals surface area contributed by atoms with E-state index in [0.717, 1.165) is 49.9 Å². The Hall–Kier alpha value is -1.84. The fourth-order valence-corrected chi connectivity index (χ4v) is 2.94. The first-order valence-electron chi connectivity index (χ1n) is 9.75. The number of para-hydroxylation sites is 1. The van der Waals surface area contributed by atoms with Gasteiger partial charge in [-0.2, -0.15) is 4.98 Å². The van der Waals surface area contributed by atoms with Crippen LogP contribution in [-0.2, 0) is 12.8 Å². The van der Waals surface area contributed by atoms with Crippen LogP contribution in [0.4, 0.5) is 0 Å². The van der Waals surface area contributed by atoms with Crippen LogP contribution in [0.1, 0.15) is 50.4 Å². The number of aliphatic imine (C=N–C) groups is 1. The normalized spacial score (nSPS) is 15.7. The van der Waals surface area contributed by atoms with Gasteiger partial charge >= 0.3 is 0 Å². The lowest BCUT2D eigenvalue weighted by Gasteiger charge is -2.13. The van der Waals surface area contributed by atoms with Gasteiger partial charge in [0, 0.05) is 31.8 Å². The summed E-state index contributed by atoms with van der Waals surface area (Å²) in [6, 6.07) is 8.19. The van der Waals surface area contributed by atoms with Crippen molar-refractivity contribution < 1.29 is 9.26 Å².